The second-order valence-electron chi connectivity index (χ2n) is 8.12. The van der Waals surface area contributed by atoms with Crippen LogP contribution in [0.1, 0.15) is 48.7 Å². The number of hydrogen-bond donors (Lipinski definition) is 0. The van der Waals surface area contributed by atoms with Gasteiger partial charge in [0.2, 0.25) is 0 Å². The summed E-state index contributed by atoms with van der Waals surface area (Å²) in [5, 5.41) is 10.5. The van der Waals surface area contributed by atoms with Gasteiger partial charge in [0.25, 0.3) is 0 Å². The van der Waals surface area contributed by atoms with Crippen molar-refractivity contribution < 1.29 is 39.5 Å². The van der Waals surface area contributed by atoms with E-state index in [9.17, 15) is 9.59 Å². The van der Waals surface area contributed by atoms with Crippen LogP contribution in [0, 0.1) is 21.3 Å². The number of thiophene rings is 2. The van der Waals surface area contributed by atoms with Gasteiger partial charge < -0.3 is 16.9 Å². The van der Waals surface area contributed by atoms with E-state index in [0.717, 1.165) is 45.4 Å². The van der Waals surface area contributed by atoms with Gasteiger partial charge in [0.1, 0.15) is 0 Å². The Bertz CT molecular complexity index is 1380. The van der Waals surface area contributed by atoms with E-state index < -0.39 is 0 Å². The van der Waals surface area contributed by atoms with Crippen LogP contribution in [0.15, 0.2) is 39.7 Å². The number of hydrogen-bond acceptors (Lipinski definition) is 10. The predicted octanol–water partition coefficient (Wildman–Crippen LogP) is 7.72. The predicted molar refractivity (Wildman–Crippen MR) is 166 cm³/mol. The molecule has 0 N–H and O–H groups in total. The molecule has 0 saturated heterocycles. The van der Waals surface area contributed by atoms with Crippen LogP contribution in [0.5, 0.6) is 0 Å². The third kappa shape index (κ3) is 12.9. The number of methoxy groups -OCH3 is 2. The molecule has 0 saturated carbocycles. The first-order chi connectivity index (χ1) is 18.3. The van der Waals surface area contributed by atoms with Crippen LogP contribution in [-0.2, 0) is 58.7 Å². The quantitative estimate of drug-likeness (QED) is 0.0727. The summed E-state index contributed by atoms with van der Waals surface area (Å²) < 4.78 is 9.19. The van der Waals surface area contributed by atoms with Gasteiger partial charge in [0, 0.05) is 47.0 Å². The monoisotopic (exact) mass is 707 g/mol. The number of aryl methyl sites for hydroxylation is 5. The second-order valence-corrected chi connectivity index (χ2v) is 12.2. The van der Waals surface area contributed by atoms with Crippen LogP contribution >= 0.6 is 45.3 Å². The molecule has 0 bridgehead atoms. The number of thiazole rings is 2. The van der Waals surface area contributed by atoms with Gasteiger partial charge in [0.15, 0.2) is 0 Å². The number of rotatable bonds is 10. The number of esters is 2. The van der Waals surface area contributed by atoms with Crippen LogP contribution in [-0.4, -0.2) is 36.1 Å². The Kier molecular flexibility index (Phi) is 17.0. The largest absolute Gasteiger partial charge is 0.469 e. The second kappa shape index (κ2) is 19.0. The fourth-order valence-electron chi connectivity index (χ4n) is 3.21. The van der Waals surface area contributed by atoms with Gasteiger partial charge in [-0.05, 0) is 79.3 Å². The topological polar surface area (TPSA) is 78.4 Å². The average Bonchev–Trinajstić information content (AvgIpc) is 3.72. The van der Waals surface area contributed by atoms with Crippen LogP contribution in [0.3, 0.4) is 0 Å². The SMILES string of the molecule is COC(=O)/C=C/c1cc(C=Cc2csc(C)n2)cs1.COC(=O)CCc1cc(CCc2csc(C)n2)cs1.[CH3-].[Pd]. The molecule has 0 aliphatic heterocycles. The Morgan fingerprint density at radius 1 is 0.825 bits per heavy atom. The zero-order chi connectivity index (χ0) is 27.3. The molecule has 0 unspecified atom stereocenters. The molecule has 0 aromatic carbocycles. The van der Waals surface area contributed by atoms with Gasteiger partial charge in [-0.3, -0.25) is 4.79 Å². The van der Waals surface area contributed by atoms with E-state index in [1.165, 1.54) is 36.4 Å². The van der Waals surface area contributed by atoms with E-state index >= 15 is 0 Å². The van der Waals surface area contributed by atoms with Crippen LogP contribution in [0.4, 0.5) is 0 Å². The van der Waals surface area contributed by atoms with E-state index in [1.54, 1.807) is 51.4 Å². The summed E-state index contributed by atoms with van der Waals surface area (Å²) in [7, 11) is 2.79. The summed E-state index contributed by atoms with van der Waals surface area (Å²) in [5.74, 6) is -0.490. The van der Waals surface area contributed by atoms with Crippen molar-refractivity contribution in [2.24, 2.45) is 0 Å². The van der Waals surface area contributed by atoms with E-state index in [4.69, 9.17) is 0 Å². The average molecular weight is 708 g/mol. The van der Waals surface area contributed by atoms with Crippen LogP contribution < -0.4 is 0 Å². The van der Waals surface area contributed by atoms with E-state index in [1.807, 2.05) is 42.8 Å². The third-order valence-electron chi connectivity index (χ3n) is 5.16. The molecule has 40 heavy (non-hydrogen) atoms. The summed E-state index contributed by atoms with van der Waals surface area (Å²) in [5.41, 5.74) is 4.57. The van der Waals surface area contributed by atoms with Crippen LogP contribution in [0.2, 0.25) is 0 Å². The van der Waals surface area contributed by atoms with Gasteiger partial charge in [0.05, 0.1) is 42.0 Å². The molecule has 0 amide bonds. The molecule has 0 fully saturated rings. The van der Waals surface area contributed by atoms with Crippen molar-refractivity contribution in [1.82, 2.24) is 9.97 Å². The normalized spacial score (nSPS) is 10.5. The molecular weight excluding hydrogens is 675 g/mol. The first-order valence-electron chi connectivity index (χ1n) is 11.8. The molecule has 11 heteroatoms. The molecule has 0 atom stereocenters. The standard InChI is InChI=1S/C14H17NO2S2.C14H13NO2S2.CH3.Pd/c2*1-10-15-12(9-18-10)4-3-11-7-13(19-8-11)5-6-14(16)17-2;;/h7-9H,3-6H2,1-2H3;3-9H,1-2H3;1H3;/q;;-1;/b;4-3?,6-5+;;. The summed E-state index contributed by atoms with van der Waals surface area (Å²) in [6.07, 6.45) is 10.4. The molecule has 0 radical (unpaired) electrons. The van der Waals surface area contributed by atoms with Crippen molar-refractivity contribution in [3.05, 3.63) is 89.4 Å². The number of ether oxygens (including phenoxy) is 2. The molecule has 0 aliphatic carbocycles. The molecule has 218 valence electrons. The van der Waals surface area contributed by atoms with Crippen molar-refractivity contribution in [1.29, 1.82) is 0 Å². The number of aromatic nitrogens is 2. The summed E-state index contributed by atoms with van der Waals surface area (Å²) >= 11 is 6.63. The van der Waals surface area contributed by atoms with Gasteiger partial charge in [-0.2, -0.15) is 0 Å². The van der Waals surface area contributed by atoms with E-state index in [0.29, 0.717) is 6.42 Å². The molecule has 4 rings (SSSR count). The molecule has 0 aliphatic rings. The number of carbonyl (C=O) groups excluding carboxylic acids is 2. The van der Waals surface area contributed by atoms with Crippen molar-refractivity contribution in [2.75, 3.05) is 14.2 Å². The molecule has 4 aromatic rings. The Hall–Kier alpha value is -2.26. The minimum absolute atomic E-state index is 0. The minimum Gasteiger partial charge on any atom is -0.469 e. The summed E-state index contributed by atoms with van der Waals surface area (Å²) in [6.45, 7) is 4.02. The smallest absolute Gasteiger partial charge is 0.330 e. The van der Waals surface area contributed by atoms with Crippen molar-refractivity contribution in [3.8, 4) is 0 Å². The Balaban J connectivity index is 0.000000381. The maximum Gasteiger partial charge on any atom is 0.330 e. The number of nitrogens with zero attached hydrogens (tertiary/aromatic N) is 2. The van der Waals surface area contributed by atoms with Crippen LogP contribution in [0.25, 0.3) is 18.2 Å². The first kappa shape index (κ1) is 35.8. The molecule has 6 nitrogen and oxygen atoms in total. The minimum atomic E-state index is -0.344. The van der Waals surface area contributed by atoms with Gasteiger partial charge in [-0.1, -0.05) is 6.08 Å². The Labute approximate surface area is 266 Å². The van der Waals surface area contributed by atoms with Crippen molar-refractivity contribution >= 4 is 75.5 Å². The van der Waals surface area contributed by atoms with Gasteiger partial charge in [-0.15, -0.1) is 45.3 Å². The van der Waals surface area contributed by atoms with Gasteiger partial charge in [-0.25, -0.2) is 14.8 Å². The maximum atomic E-state index is 11.1. The number of carbonyl (C=O) groups is 2. The van der Waals surface area contributed by atoms with E-state index in [-0.39, 0.29) is 39.8 Å². The molecule has 4 heterocycles. The van der Waals surface area contributed by atoms with Crippen molar-refractivity contribution in [2.45, 2.75) is 39.5 Å². The zero-order valence-electron chi connectivity index (χ0n) is 23.1. The van der Waals surface area contributed by atoms with Crippen molar-refractivity contribution in [3.63, 3.8) is 0 Å². The Morgan fingerprint density at radius 2 is 1.57 bits per heavy atom. The molecule has 0 spiro atoms. The van der Waals surface area contributed by atoms with E-state index in [2.05, 4.69) is 36.3 Å². The third-order valence-corrected chi connectivity index (χ3v) is 8.73. The summed E-state index contributed by atoms with van der Waals surface area (Å²) in [6, 6.07) is 4.20. The zero-order valence-corrected chi connectivity index (χ0v) is 27.9. The summed E-state index contributed by atoms with van der Waals surface area (Å²) in [4.78, 5) is 33.1. The fourth-order valence-corrected chi connectivity index (χ4v) is 6.14. The van der Waals surface area contributed by atoms with Gasteiger partial charge >= 0.3 is 11.9 Å². The molecular formula is C29H33N2O4PdS4-. The molecule has 4 aromatic heterocycles. The fraction of sp³-hybridized carbons (Fsp3) is 0.276. The maximum absolute atomic E-state index is 11.1. The Morgan fingerprint density at radius 3 is 2.23 bits per heavy atom. The first-order valence-corrected chi connectivity index (χ1v) is 15.4.